The lowest BCUT2D eigenvalue weighted by molar-refractivity contribution is -0.143. The predicted molar refractivity (Wildman–Crippen MR) is 78.8 cm³/mol. The summed E-state index contributed by atoms with van der Waals surface area (Å²) in [4.78, 5) is 34.2. The summed E-state index contributed by atoms with van der Waals surface area (Å²) < 4.78 is 18.3. The normalized spacial score (nSPS) is 18.6. The minimum absolute atomic E-state index is 0.199. The topological polar surface area (TPSA) is 84.5 Å². The van der Waals surface area contributed by atoms with E-state index in [4.69, 9.17) is 0 Å². The molecule has 0 saturated carbocycles. The van der Waals surface area contributed by atoms with Gasteiger partial charge in [0.2, 0.25) is 0 Å². The van der Waals surface area contributed by atoms with Gasteiger partial charge in [-0.1, -0.05) is 39.0 Å². The van der Waals surface area contributed by atoms with Crippen molar-refractivity contribution in [1.29, 1.82) is 0 Å². The fourth-order valence-electron chi connectivity index (χ4n) is 2.20. The molecule has 0 aromatic carbocycles. The molecule has 2 amide bonds. The van der Waals surface area contributed by atoms with E-state index in [0.717, 1.165) is 25.7 Å². The van der Waals surface area contributed by atoms with Crippen molar-refractivity contribution in [2.24, 2.45) is 0 Å². The monoisotopic (exact) mass is 316 g/mol. The van der Waals surface area contributed by atoms with Crippen LogP contribution in [0.1, 0.15) is 51.9 Å². The third-order valence-corrected chi connectivity index (χ3v) is 3.54. The van der Waals surface area contributed by atoms with Crippen LogP contribution in [0.2, 0.25) is 0 Å². The maximum atomic E-state index is 13.7. The highest BCUT2D eigenvalue weighted by atomic mass is 19.1. The van der Waals surface area contributed by atoms with E-state index < -0.39 is 30.0 Å². The van der Waals surface area contributed by atoms with Crippen LogP contribution in [-0.2, 0) is 19.1 Å². The molecular formula is C15H25FN2O4. The molecule has 0 aromatic heterocycles. The van der Waals surface area contributed by atoms with Crippen LogP contribution in [0.15, 0.2) is 0 Å². The summed E-state index contributed by atoms with van der Waals surface area (Å²) in [5.74, 6) is -2.64. The van der Waals surface area contributed by atoms with Gasteiger partial charge >= 0.3 is 5.97 Å². The molecule has 1 heterocycles. The molecule has 1 fully saturated rings. The van der Waals surface area contributed by atoms with E-state index in [2.05, 4.69) is 22.3 Å². The van der Waals surface area contributed by atoms with Crippen molar-refractivity contribution in [3.63, 3.8) is 0 Å². The quantitative estimate of drug-likeness (QED) is 0.361. The molecule has 0 aromatic rings. The van der Waals surface area contributed by atoms with Crippen LogP contribution in [0.3, 0.4) is 0 Å². The highest BCUT2D eigenvalue weighted by Gasteiger charge is 2.33. The van der Waals surface area contributed by atoms with Crippen LogP contribution in [0.5, 0.6) is 0 Å². The zero-order valence-corrected chi connectivity index (χ0v) is 13.0. The lowest BCUT2D eigenvalue weighted by Gasteiger charge is -2.12. The highest BCUT2D eigenvalue weighted by Crippen LogP contribution is 2.07. The van der Waals surface area contributed by atoms with E-state index in [1.807, 2.05) is 0 Å². The number of carbonyl (C=O) groups excluding carboxylic acids is 3. The number of carbonyl (C=O) groups is 3. The number of esters is 1. The summed E-state index contributed by atoms with van der Waals surface area (Å²) in [6, 6.07) is -0.850. The van der Waals surface area contributed by atoms with E-state index in [-0.39, 0.29) is 6.61 Å². The maximum absolute atomic E-state index is 13.7. The molecule has 2 atom stereocenters. The van der Waals surface area contributed by atoms with E-state index >= 15 is 0 Å². The number of rotatable bonds is 10. The minimum atomic E-state index is -2.30. The van der Waals surface area contributed by atoms with Crippen molar-refractivity contribution in [1.82, 2.24) is 10.6 Å². The Bertz CT molecular complexity index is 390. The third-order valence-electron chi connectivity index (χ3n) is 3.54. The first-order valence-electron chi connectivity index (χ1n) is 7.95. The Kier molecular flexibility index (Phi) is 8.47. The molecule has 1 aliphatic rings. The van der Waals surface area contributed by atoms with Crippen molar-refractivity contribution in [3.8, 4) is 0 Å². The van der Waals surface area contributed by atoms with Crippen LogP contribution in [0.4, 0.5) is 4.39 Å². The first-order valence-corrected chi connectivity index (χ1v) is 7.95. The van der Waals surface area contributed by atoms with E-state index in [1.54, 1.807) is 0 Å². The number of hydrogen-bond donors (Lipinski definition) is 2. The highest BCUT2D eigenvalue weighted by molar-refractivity contribution is 6.04. The summed E-state index contributed by atoms with van der Waals surface area (Å²) in [7, 11) is 0. The summed E-state index contributed by atoms with van der Waals surface area (Å²) in [6.07, 6.45) is 4.36. The van der Waals surface area contributed by atoms with Gasteiger partial charge in [-0.25, -0.2) is 9.18 Å². The van der Waals surface area contributed by atoms with Crippen LogP contribution in [0.25, 0.3) is 0 Å². The smallest absolute Gasteiger partial charge is 0.328 e. The lowest BCUT2D eigenvalue weighted by atomic mass is 10.1. The number of alkyl halides is 1. The second-order valence-corrected chi connectivity index (χ2v) is 5.44. The van der Waals surface area contributed by atoms with Gasteiger partial charge < -0.3 is 15.4 Å². The van der Waals surface area contributed by atoms with E-state index in [9.17, 15) is 18.8 Å². The molecule has 126 valence electrons. The van der Waals surface area contributed by atoms with Gasteiger partial charge in [0.25, 0.3) is 18.0 Å². The molecule has 22 heavy (non-hydrogen) atoms. The van der Waals surface area contributed by atoms with Gasteiger partial charge in [-0.3, -0.25) is 9.59 Å². The standard InChI is InChI=1S/C15H25FN2O4/c1-2-3-4-5-6-7-9-17-13(19)12(16)14(20)18-11-8-10-22-15(11)21/h11-12H,2-10H2,1H3,(H,17,19)(H,18,20)/t11-,12?/m0/s1. The van der Waals surface area contributed by atoms with Crippen molar-refractivity contribution in [2.75, 3.05) is 13.2 Å². The Morgan fingerprint density at radius 3 is 2.55 bits per heavy atom. The number of cyclic esters (lactones) is 1. The van der Waals surface area contributed by atoms with Gasteiger partial charge in [-0.15, -0.1) is 0 Å². The molecule has 1 saturated heterocycles. The Hall–Kier alpha value is -1.66. The Morgan fingerprint density at radius 2 is 1.91 bits per heavy atom. The molecule has 2 N–H and O–H groups in total. The fourth-order valence-corrected chi connectivity index (χ4v) is 2.20. The SMILES string of the molecule is CCCCCCCCNC(=O)C(F)C(=O)N[C@H]1CCOC1=O. The summed E-state index contributed by atoms with van der Waals surface area (Å²) in [6.45, 7) is 2.69. The molecule has 6 nitrogen and oxygen atoms in total. The minimum Gasteiger partial charge on any atom is -0.464 e. The van der Waals surface area contributed by atoms with Crippen LogP contribution < -0.4 is 10.6 Å². The summed E-state index contributed by atoms with van der Waals surface area (Å²) >= 11 is 0. The number of halogens is 1. The predicted octanol–water partition coefficient (Wildman–Crippen LogP) is 1.23. The van der Waals surface area contributed by atoms with Gasteiger partial charge in [0.1, 0.15) is 6.04 Å². The summed E-state index contributed by atoms with van der Waals surface area (Å²) in [5, 5.41) is 4.58. The van der Waals surface area contributed by atoms with Crippen molar-refractivity contribution < 1.29 is 23.5 Å². The largest absolute Gasteiger partial charge is 0.464 e. The van der Waals surface area contributed by atoms with Crippen molar-refractivity contribution in [2.45, 2.75) is 64.1 Å². The van der Waals surface area contributed by atoms with Gasteiger partial charge in [-0.2, -0.15) is 0 Å². The zero-order chi connectivity index (χ0) is 16.4. The van der Waals surface area contributed by atoms with Crippen LogP contribution in [0, 0.1) is 0 Å². The first kappa shape index (κ1) is 18.4. The van der Waals surface area contributed by atoms with Crippen LogP contribution in [-0.4, -0.2) is 43.1 Å². The molecular weight excluding hydrogens is 291 g/mol. The second kappa shape index (κ2) is 10.1. The number of ether oxygens (including phenoxy) is 1. The molecule has 0 aliphatic carbocycles. The number of unbranched alkanes of at least 4 members (excludes halogenated alkanes) is 5. The zero-order valence-electron chi connectivity index (χ0n) is 13.0. The average Bonchev–Trinajstić information content (AvgIpc) is 2.90. The molecule has 0 spiro atoms. The molecule has 1 aliphatic heterocycles. The molecule has 0 radical (unpaired) electrons. The van der Waals surface area contributed by atoms with Gasteiger partial charge in [0.05, 0.1) is 6.61 Å². The van der Waals surface area contributed by atoms with E-state index in [1.165, 1.54) is 12.8 Å². The molecule has 0 bridgehead atoms. The molecule has 1 rings (SSSR count). The number of hydrogen-bond acceptors (Lipinski definition) is 4. The maximum Gasteiger partial charge on any atom is 0.328 e. The van der Waals surface area contributed by atoms with Crippen molar-refractivity contribution in [3.05, 3.63) is 0 Å². The van der Waals surface area contributed by atoms with Crippen molar-refractivity contribution >= 4 is 17.8 Å². The second-order valence-electron chi connectivity index (χ2n) is 5.44. The molecule has 1 unspecified atom stereocenters. The van der Waals surface area contributed by atoms with Gasteiger partial charge in [0.15, 0.2) is 0 Å². The van der Waals surface area contributed by atoms with Gasteiger partial charge in [0, 0.05) is 13.0 Å². The molecule has 7 heteroatoms. The Balaban J connectivity index is 2.15. The van der Waals surface area contributed by atoms with Gasteiger partial charge in [-0.05, 0) is 6.42 Å². The average molecular weight is 316 g/mol. The van der Waals surface area contributed by atoms with Crippen LogP contribution >= 0.6 is 0 Å². The first-order chi connectivity index (χ1) is 10.6. The number of amides is 2. The Labute approximate surface area is 130 Å². The lowest BCUT2D eigenvalue weighted by Crippen LogP contribution is -2.47. The number of nitrogens with one attached hydrogen (secondary N) is 2. The third kappa shape index (κ3) is 6.41. The summed E-state index contributed by atoms with van der Waals surface area (Å²) in [5.41, 5.74) is 0. The Morgan fingerprint density at radius 1 is 1.23 bits per heavy atom. The van der Waals surface area contributed by atoms with E-state index in [0.29, 0.717) is 13.0 Å². The fraction of sp³-hybridized carbons (Fsp3) is 0.800.